The number of hydrogen-bond donors (Lipinski definition) is 1. The predicted octanol–water partition coefficient (Wildman–Crippen LogP) is 3.81. The van der Waals surface area contributed by atoms with E-state index >= 15 is 0 Å². The molecule has 0 atom stereocenters. The molecule has 1 saturated carbocycles. The van der Waals surface area contributed by atoms with Gasteiger partial charge < -0.3 is 5.32 Å². The van der Waals surface area contributed by atoms with Crippen molar-refractivity contribution < 1.29 is 9.72 Å². The number of nitrogens with one attached hydrogen (secondary N) is 1. The van der Waals surface area contributed by atoms with Gasteiger partial charge in [-0.25, -0.2) is 0 Å². The highest BCUT2D eigenvalue weighted by Crippen LogP contribution is 2.28. The molecule has 2 rings (SSSR count). The molecule has 1 aliphatic rings. The van der Waals surface area contributed by atoms with E-state index in [1.54, 1.807) is 19.1 Å². The molecule has 1 N–H and O–H groups in total. The Bertz CT molecular complexity index is 508. The van der Waals surface area contributed by atoms with Gasteiger partial charge in [-0.1, -0.05) is 31.7 Å². The normalized spacial score (nSPS) is 15.2. The molecule has 20 heavy (non-hydrogen) atoms. The smallest absolute Gasteiger partial charge is 0.274 e. The number of benzene rings is 1. The number of amides is 1. The quantitative estimate of drug-likeness (QED) is 0.656. The van der Waals surface area contributed by atoms with Gasteiger partial charge in [0.25, 0.3) is 5.69 Å². The third-order valence-electron chi connectivity index (χ3n) is 3.94. The Balaban J connectivity index is 1.90. The molecular weight excluding hydrogens is 256 g/mol. The molecule has 1 aromatic carbocycles. The molecule has 0 saturated heterocycles. The molecule has 0 aliphatic heterocycles. The molecule has 0 unspecified atom stereocenters. The van der Waals surface area contributed by atoms with Gasteiger partial charge >= 0.3 is 0 Å². The zero-order valence-corrected chi connectivity index (χ0v) is 11.7. The molecular formula is C15H20N2O3. The van der Waals surface area contributed by atoms with E-state index in [2.05, 4.69) is 5.32 Å². The molecule has 5 heteroatoms. The first kappa shape index (κ1) is 14.5. The molecule has 0 bridgehead atoms. The molecule has 0 radical (unpaired) electrons. The second-order valence-corrected chi connectivity index (χ2v) is 5.50. The lowest BCUT2D eigenvalue weighted by atomic mass is 10.0. The number of carbonyl (C=O) groups excluding carboxylic acids is 1. The van der Waals surface area contributed by atoms with Crippen LogP contribution in [0.1, 0.15) is 44.1 Å². The van der Waals surface area contributed by atoms with Gasteiger partial charge in [-0.2, -0.15) is 0 Å². The predicted molar refractivity (Wildman–Crippen MR) is 77.7 cm³/mol. The minimum absolute atomic E-state index is 0.0404. The summed E-state index contributed by atoms with van der Waals surface area (Å²) in [6.45, 7) is 1.68. The van der Waals surface area contributed by atoms with Crippen molar-refractivity contribution in [2.45, 2.75) is 45.4 Å². The Hall–Kier alpha value is -1.91. The summed E-state index contributed by atoms with van der Waals surface area (Å²) in [6.07, 6.45) is 6.41. The third kappa shape index (κ3) is 3.79. The Morgan fingerprint density at radius 1 is 1.40 bits per heavy atom. The van der Waals surface area contributed by atoms with Crippen LogP contribution in [0.5, 0.6) is 0 Å². The lowest BCUT2D eigenvalue weighted by Crippen LogP contribution is -2.13. The van der Waals surface area contributed by atoms with E-state index in [-0.39, 0.29) is 11.6 Å². The number of anilines is 1. The summed E-state index contributed by atoms with van der Waals surface area (Å²) in [5.41, 5.74) is 1.14. The lowest BCUT2D eigenvalue weighted by molar-refractivity contribution is -0.385. The number of nitro groups is 1. The van der Waals surface area contributed by atoms with E-state index in [4.69, 9.17) is 0 Å². The van der Waals surface area contributed by atoms with Gasteiger partial charge in [0.15, 0.2) is 0 Å². The van der Waals surface area contributed by atoms with Crippen LogP contribution in [0.2, 0.25) is 0 Å². The van der Waals surface area contributed by atoms with E-state index in [9.17, 15) is 14.9 Å². The summed E-state index contributed by atoms with van der Waals surface area (Å²) < 4.78 is 0. The van der Waals surface area contributed by atoms with E-state index in [0.717, 1.165) is 6.42 Å². The van der Waals surface area contributed by atoms with E-state index < -0.39 is 4.92 Å². The second-order valence-electron chi connectivity index (χ2n) is 5.50. The molecule has 1 aliphatic carbocycles. The van der Waals surface area contributed by atoms with Gasteiger partial charge in [0.1, 0.15) is 0 Å². The van der Waals surface area contributed by atoms with Crippen LogP contribution in [0.3, 0.4) is 0 Å². The Kier molecular flexibility index (Phi) is 4.71. The SMILES string of the molecule is Cc1ccc(NC(=O)CCC2CCCC2)cc1[N+](=O)[O-]. The van der Waals surface area contributed by atoms with Crippen molar-refractivity contribution in [1.29, 1.82) is 0 Å². The van der Waals surface area contributed by atoms with Crippen LogP contribution in [0.4, 0.5) is 11.4 Å². The zero-order valence-electron chi connectivity index (χ0n) is 11.7. The molecule has 0 heterocycles. The fraction of sp³-hybridized carbons (Fsp3) is 0.533. The molecule has 1 aromatic rings. The van der Waals surface area contributed by atoms with Crippen LogP contribution in [-0.4, -0.2) is 10.8 Å². The maximum Gasteiger partial charge on any atom is 0.274 e. The molecule has 0 aromatic heterocycles. The summed E-state index contributed by atoms with van der Waals surface area (Å²) >= 11 is 0. The van der Waals surface area contributed by atoms with Gasteiger partial charge in [-0.05, 0) is 25.3 Å². The minimum atomic E-state index is -0.427. The number of nitro benzene ring substituents is 1. The monoisotopic (exact) mass is 276 g/mol. The van der Waals surface area contributed by atoms with Crippen molar-refractivity contribution in [3.63, 3.8) is 0 Å². The first-order chi connectivity index (χ1) is 9.56. The van der Waals surface area contributed by atoms with Crippen LogP contribution in [0.15, 0.2) is 18.2 Å². The summed E-state index contributed by atoms with van der Waals surface area (Å²) in [5, 5.41) is 13.6. The maximum atomic E-state index is 11.9. The average molecular weight is 276 g/mol. The van der Waals surface area contributed by atoms with Gasteiger partial charge in [0, 0.05) is 23.7 Å². The number of aryl methyl sites for hydroxylation is 1. The van der Waals surface area contributed by atoms with Gasteiger partial charge in [0.05, 0.1) is 4.92 Å². The van der Waals surface area contributed by atoms with Crippen LogP contribution in [0, 0.1) is 23.0 Å². The van der Waals surface area contributed by atoms with E-state index in [0.29, 0.717) is 23.6 Å². The first-order valence-corrected chi connectivity index (χ1v) is 7.11. The highest BCUT2D eigenvalue weighted by Gasteiger charge is 2.17. The molecule has 5 nitrogen and oxygen atoms in total. The van der Waals surface area contributed by atoms with Gasteiger partial charge in [-0.15, -0.1) is 0 Å². The Labute approximate surface area is 118 Å². The summed E-state index contributed by atoms with van der Waals surface area (Å²) in [7, 11) is 0. The molecule has 0 spiro atoms. The van der Waals surface area contributed by atoms with Crippen molar-refractivity contribution >= 4 is 17.3 Å². The molecule has 108 valence electrons. The second kappa shape index (κ2) is 6.50. The standard InChI is InChI=1S/C15H20N2O3/c1-11-6-8-13(10-14(11)17(19)20)16-15(18)9-7-12-4-2-3-5-12/h6,8,10,12H,2-5,7,9H2,1H3,(H,16,18). The van der Waals surface area contributed by atoms with Crippen molar-refractivity contribution in [2.75, 3.05) is 5.32 Å². The third-order valence-corrected chi connectivity index (χ3v) is 3.94. The molecule has 1 amide bonds. The number of carbonyl (C=O) groups is 1. The topological polar surface area (TPSA) is 72.2 Å². The lowest BCUT2D eigenvalue weighted by Gasteiger charge is -2.09. The Morgan fingerprint density at radius 2 is 2.10 bits per heavy atom. The molecule has 1 fully saturated rings. The summed E-state index contributed by atoms with van der Waals surface area (Å²) in [5.74, 6) is 0.614. The number of rotatable bonds is 5. The van der Waals surface area contributed by atoms with Crippen LogP contribution >= 0.6 is 0 Å². The fourth-order valence-electron chi connectivity index (χ4n) is 2.74. The highest BCUT2D eigenvalue weighted by atomic mass is 16.6. The zero-order chi connectivity index (χ0) is 14.5. The minimum Gasteiger partial charge on any atom is -0.326 e. The van der Waals surface area contributed by atoms with Crippen molar-refractivity contribution in [3.05, 3.63) is 33.9 Å². The highest BCUT2D eigenvalue weighted by molar-refractivity contribution is 5.91. The maximum absolute atomic E-state index is 11.9. The van der Waals surface area contributed by atoms with Crippen LogP contribution in [-0.2, 0) is 4.79 Å². The van der Waals surface area contributed by atoms with Gasteiger partial charge in [-0.3, -0.25) is 14.9 Å². The Morgan fingerprint density at radius 3 is 2.75 bits per heavy atom. The summed E-state index contributed by atoms with van der Waals surface area (Å²) in [6, 6.07) is 4.78. The first-order valence-electron chi connectivity index (χ1n) is 7.11. The number of nitrogens with zero attached hydrogens (tertiary/aromatic N) is 1. The van der Waals surface area contributed by atoms with Crippen LogP contribution in [0.25, 0.3) is 0 Å². The van der Waals surface area contributed by atoms with Crippen LogP contribution < -0.4 is 5.32 Å². The summed E-state index contributed by atoms with van der Waals surface area (Å²) in [4.78, 5) is 22.3. The largest absolute Gasteiger partial charge is 0.326 e. The van der Waals surface area contributed by atoms with E-state index in [1.165, 1.54) is 31.7 Å². The average Bonchev–Trinajstić information content (AvgIpc) is 2.91. The van der Waals surface area contributed by atoms with Crippen molar-refractivity contribution in [2.24, 2.45) is 5.92 Å². The van der Waals surface area contributed by atoms with Gasteiger partial charge in [0.2, 0.25) is 5.91 Å². The number of hydrogen-bond acceptors (Lipinski definition) is 3. The van der Waals surface area contributed by atoms with Crippen molar-refractivity contribution in [3.8, 4) is 0 Å². The van der Waals surface area contributed by atoms with E-state index in [1.807, 2.05) is 0 Å². The fourth-order valence-corrected chi connectivity index (χ4v) is 2.74. The van der Waals surface area contributed by atoms with Crippen molar-refractivity contribution in [1.82, 2.24) is 0 Å².